The molecule has 0 saturated carbocycles. The molecule has 0 aliphatic carbocycles. The number of carbonyl (C=O) groups excluding carboxylic acids is 3. The minimum absolute atomic E-state index is 0.0907. The lowest BCUT2D eigenvalue weighted by Crippen LogP contribution is -2.32. The summed E-state index contributed by atoms with van der Waals surface area (Å²) in [6.45, 7) is 2.05. The van der Waals surface area contributed by atoms with Crippen molar-refractivity contribution in [3.05, 3.63) is 87.2 Å². The number of amides is 3. The second-order valence-corrected chi connectivity index (χ2v) is 9.94. The van der Waals surface area contributed by atoms with Gasteiger partial charge in [0.1, 0.15) is 12.4 Å². The highest BCUT2D eigenvalue weighted by Gasteiger charge is 2.35. The van der Waals surface area contributed by atoms with Crippen LogP contribution in [0.1, 0.15) is 12.5 Å². The molecule has 0 bridgehead atoms. The number of nitrogens with zero attached hydrogens (tertiary/aromatic N) is 1. The second kappa shape index (κ2) is 13.4. The summed E-state index contributed by atoms with van der Waals surface area (Å²) in [5.41, 5.74) is 1.18. The van der Waals surface area contributed by atoms with Crippen molar-refractivity contribution in [1.29, 1.82) is 0 Å². The number of ether oxygens (including phenoxy) is 3. The SMILES string of the molecule is CCOc1cc(/C=C2\SC(=O)N(CCOc3ccc(Cl)cc3)C2=O)cc(Cl)c1OCC(=O)Nc1ccccc1. The fraction of sp³-hybridized carbons (Fsp3) is 0.179. The zero-order valence-electron chi connectivity index (χ0n) is 20.8. The molecule has 202 valence electrons. The van der Waals surface area contributed by atoms with Crippen molar-refractivity contribution in [2.75, 3.05) is 31.7 Å². The van der Waals surface area contributed by atoms with Gasteiger partial charge in [-0.2, -0.15) is 0 Å². The van der Waals surface area contributed by atoms with Gasteiger partial charge >= 0.3 is 0 Å². The van der Waals surface area contributed by atoms with E-state index < -0.39 is 11.1 Å². The first kappa shape index (κ1) is 28.4. The molecule has 1 saturated heterocycles. The van der Waals surface area contributed by atoms with Gasteiger partial charge in [0, 0.05) is 10.7 Å². The molecule has 39 heavy (non-hydrogen) atoms. The first-order valence-corrected chi connectivity index (χ1v) is 13.5. The predicted octanol–water partition coefficient (Wildman–Crippen LogP) is 6.52. The molecule has 0 spiro atoms. The maximum Gasteiger partial charge on any atom is 0.293 e. The lowest BCUT2D eigenvalue weighted by molar-refractivity contribution is -0.123. The standard InChI is InChI=1S/C28H24Cl2N2O6S/c1-2-36-23-15-18(14-22(30)26(23)38-17-25(33)31-20-6-4-3-5-7-20)16-24-27(34)32(28(35)39-24)12-13-37-21-10-8-19(29)9-11-21/h3-11,14-16H,2,12-13,17H2,1H3,(H,31,33)/b24-16-. The molecule has 4 rings (SSSR count). The number of hydrogen-bond donors (Lipinski definition) is 1. The number of hydrogen-bond acceptors (Lipinski definition) is 7. The summed E-state index contributed by atoms with van der Waals surface area (Å²) < 4.78 is 17.0. The van der Waals surface area contributed by atoms with Crippen molar-refractivity contribution in [2.45, 2.75) is 6.92 Å². The number of benzene rings is 3. The van der Waals surface area contributed by atoms with Crippen molar-refractivity contribution >= 4 is 63.8 Å². The van der Waals surface area contributed by atoms with Gasteiger partial charge in [-0.05, 0) is 78.9 Å². The van der Waals surface area contributed by atoms with Crippen LogP contribution >= 0.6 is 35.0 Å². The molecule has 3 amide bonds. The lowest BCUT2D eigenvalue weighted by atomic mass is 10.1. The van der Waals surface area contributed by atoms with Gasteiger partial charge in [0.15, 0.2) is 18.1 Å². The summed E-state index contributed by atoms with van der Waals surface area (Å²) in [6.07, 6.45) is 1.56. The van der Waals surface area contributed by atoms with E-state index in [1.807, 2.05) is 18.2 Å². The maximum absolute atomic E-state index is 12.9. The minimum Gasteiger partial charge on any atom is -0.492 e. The lowest BCUT2D eigenvalue weighted by Gasteiger charge is -2.15. The summed E-state index contributed by atoms with van der Waals surface area (Å²) >= 11 is 13.2. The molecule has 0 atom stereocenters. The number of rotatable bonds is 11. The molecule has 3 aromatic carbocycles. The fourth-order valence-corrected chi connectivity index (χ4v) is 4.82. The number of imide groups is 1. The van der Waals surface area contributed by atoms with Crippen LogP contribution in [-0.2, 0) is 9.59 Å². The molecule has 1 aliphatic rings. The highest BCUT2D eigenvalue weighted by atomic mass is 35.5. The van der Waals surface area contributed by atoms with Gasteiger partial charge in [-0.1, -0.05) is 41.4 Å². The zero-order chi connectivity index (χ0) is 27.8. The molecule has 11 heteroatoms. The first-order chi connectivity index (χ1) is 18.8. The fourth-order valence-electron chi connectivity index (χ4n) is 3.56. The third kappa shape index (κ3) is 7.69. The van der Waals surface area contributed by atoms with Crippen LogP contribution in [0.25, 0.3) is 6.08 Å². The highest BCUT2D eigenvalue weighted by molar-refractivity contribution is 8.18. The normalized spacial score (nSPS) is 14.0. The summed E-state index contributed by atoms with van der Waals surface area (Å²) in [5, 5.41) is 3.11. The molecule has 0 radical (unpaired) electrons. The van der Waals surface area contributed by atoms with E-state index in [0.717, 1.165) is 16.7 Å². The molecule has 1 N–H and O–H groups in total. The largest absolute Gasteiger partial charge is 0.492 e. The van der Waals surface area contributed by atoms with Crippen molar-refractivity contribution < 1.29 is 28.6 Å². The van der Waals surface area contributed by atoms with Crippen molar-refractivity contribution in [1.82, 2.24) is 4.90 Å². The highest BCUT2D eigenvalue weighted by Crippen LogP contribution is 2.39. The van der Waals surface area contributed by atoms with E-state index in [-0.39, 0.29) is 41.3 Å². The predicted molar refractivity (Wildman–Crippen MR) is 153 cm³/mol. The summed E-state index contributed by atoms with van der Waals surface area (Å²) in [6, 6.07) is 19.0. The molecule has 1 aliphatic heterocycles. The van der Waals surface area contributed by atoms with Gasteiger partial charge in [-0.3, -0.25) is 19.3 Å². The van der Waals surface area contributed by atoms with Crippen molar-refractivity contribution in [2.24, 2.45) is 0 Å². The van der Waals surface area contributed by atoms with Crippen LogP contribution in [-0.4, -0.2) is 48.3 Å². The Bertz CT molecular complexity index is 1380. The Morgan fingerprint density at radius 2 is 1.74 bits per heavy atom. The van der Waals surface area contributed by atoms with E-state index in [2.05, 4.69) is 5.32 Å². The molecule has 0 unspecified atom stereocenters. The van der Waals surface area contributed by atoms with Gasteiger partial charge in [0.25, 0.3) is 17.1 Å². The number of thioether (sulfide) groups is 1. The van der Waals surface area contributed by atoms with Gasteiger partial charge in [0.05, 0.1) is 23.1 Å². The zero-order valence-corrected chi connectivity index (χ0v) is 23.1. The monoisotopic (exact) mass is 586 g/mol. The molecule has 3 aromatic rings. The van der Waals surface area contributed by atoms with Gasteiger partial charge < -0.3 is 19.5 Å². The molecule has 1 heterocycles. The Morgan fingerprint density at radius 1 is 1.00 bits per heavy atom. The Morgan fingerprint density at radius 3 is 2.46 bits per heavy atom. The molecule has 1 fully saturated rings. The average molecular weight is 587 g/mol. The molecular formula is C28H24Cl2N2O6S. The summed E-state index contributed by atoms with van der Waals surface area (Å²) in [5.74, 6) is 0.291. The number of nitrogens with one attached hydrogen (secondary N) is 1. The van der Waals surface area contributed by atoms with E-state index >= 15 is 0 Å². The van der Waals surface area contributed by atoms with E-state index in [1.165, 1.54) is 0 Å². The summed E-state index contributed by atoms with van der Waals surface area (Å²) in [4.78, 5) is 39.1. The van der Waals surface area contributed by atoms with Gasteiger partial charge in [-0.15, -0.1) is 0 Å². The van der Waals surface area contributed by atoms with Crippen molar-refractivity contribution in [3.63, 3.8) is 0 Å². The number of anilines is 1. The Balaban J connectivity index is 1.41. The van der Waals surface area contributed by atoms with Crippen LogP contribution < -0.4 is 19.5 Å². The maximum atomic E-state index is 12.9. The third-order valence-electron chi connectivity index (χ3n) is 5.31. The molecule has 0 aromatic heterocycles. The van der Waals surface area contributed by atoms with E-state index in [0.29, 0.717) is 34.4 Å². The summed E-state index contributed by atoms with van der Waals surface area (Å²) in [7, 11) is 0. The number of carbonyl (C=O) groups is 3. The van der Waals surface area contributed by atoms with Gasteiger partial charge in [-0.25, -0.2) is 0 Å². The van der Waals surface area contributed by atoms with Gasteiger partial charge in [0.2, 0.25) is 0 Å². The van der Waals surface area contributed by atoms with E-state index in [1.54, 1.807) is 61.5 Å². The second-order valence-electron chi connectivity index (χ2n) is 8.10. The van der Waals surface area contributed by atoms with E-state index in [4.69, 9.17) is 37.4 Å². The number of para-hydroxylation sites is 1. The topological polar surface area (TPSA) is 94.2 Å². The van der Waals surface area contributed by atoms with Crippen LogP contribution in [0.5, 0.6) is 17.2 Å². The van der Waals surface area contributed by atoms with Crippen LogP contribution in [0, 0.1) is 0 Å². The van der Waals surface area contributed by atoms with Crippen LogP contribution in [0.2, 0.25) is 10.0 Å². The Labute approximate surface area is 239 Å². The van der Waals surface area contributed by atoms with Crippen molar-refractivity contribution in [3.8, 4) is 17.2 Å². The first-order valence-electron chi connectivity index (χ1n) is 11.9. The quantitative estimate of drug-likeness (QED) is 0.255. The minimum atomic E-state index is -0.434. The smallest absolute Gasteiger partial charge is 0.293 e. The number of halogens is 2. The van der Waals surface area contributed by atoms with Crippen LogP contribution in [0.15, 0.2) is 71.6 Å². The Hall–Kier alpha value is -3.66. The molecule has 8 nitrogen and oxygen atoms in total. The third-order valence-corrected chi connectivity index (χ3v) is 6.75. The van der Waals surface area contributed by atoms with Crippen LogP contribution in [0.4, 0.5) is 10.5 Å². The van der Waals surface area contributed by atoms with E-state index in [9.17, 15) is 14.4 Å². The van der Waals surface area contributed by atoms with Crippen LogP contribution in [0.3, 0.4) is 0 Å². The molecular weight excluding hydrogens is 563 g/mol. The average Bonchev–Trinajstić information content (AvgIpc) is 3.17. The Kier molecular flexibility index (Phi) is 9.75.